The molecule has 1 unspecified atom stereocenters. The molecule has 3 aromatic rings. The van der Waals surface area contributed by atoms with Crippen LogP contribution in [0.3, 0.4) is 0 Å². The molecule has 4 rings (SSSR count). The second-order valence-electron chi connectivity index (χ2n) is 8.86. The molecule has 0 aliphatic carbocycles. The monoisotopic (exact) mass is 413 g/mol. The van der Waals surface area contributed by atoms with Gasteiger partial charge in [-0.3, -0.25) is 4.68 Å². The number of urea groups is 1. The molecule has 158 valence electrons. The number of hydrogen-bond acceptors (Lipinski definition) is 3. The van der Waals surface area contributed by atoms with Gasteiger partial charge in [-0.25, -0.2) is 4.79 Å². The van der Waals surface area contributed by atoms with Crippen molar-refractivity contribution in [1.82, 2.24) is 20.0 Å². The number of hydrogen-bond donors (Lipinski definition) is 1. The van der Waals surface area contributed by atoms with Crippen molar-refractivity contribution in [1.29, 1.82) is 5.26 Å². The Morgan fingerprint density at radius 1 is 1.19 bits per heavy atom. The molecule has 1 N–H and O–H groups in total. The van der Waals surface area contributed by atoms with Crippen LogP contribution in [0.2, 0.25) is 0 Å². The van der Waals surface area contributed by atoms with Crippen LogP contribution in [0.15, 0.2) is 60.8 Å². The number of rotatable bonds is 4. The third-order valence-corrected chi connectivity index (χ3v) is 6.06. The smallest absolute Gasteiger partial charge is 0.317 e. The van der Waals surface area contributed by atoms with Gasteiger partial charge in [0.1, 0.15) is 0 Å². The van der Waals surface area contributed by atoms with Crippen LogP contribution in [0.1, 0.15) is 36.5 Å². The molecule has 1 aromatic heterocycles. The Morgan fingerprint density at radius 2 is 1.90 bits per heavy atom. The average molecular weight is 414 g/mol. The largest absolute Gasteiger partial charge is 0.334 e. The highest BCUT2D eigenvalue weighted by molar-refractivity contribution is 5.75. The van der Waals surface area contributed by atoms with Crippen LogP contribution in [-0.2, 0) is 13.6 Å². The number of nitrogens with one attached hydrogen (secondary N) is 1. The molecule has 1 atom stereocenters. The van der Waals surface area contributed by atoms with Crippen molar-refractivity contribution in [2.45, 2.75) is 26.3 Å². The van der Waals surface area contributed by atoms with Gasteiger partial charge in [-0.2, -0.15) is 10.4 Å². The van der Waals surface area contributed by atoms with E-state index in [9.17, 15) is 4.79 Å². The Balaban J connectivity index is 1.45. The Morgan fingerprint density at radius 3 is 2.58 bits per heavy atom. The molecule has 6 heteroatoms. The second-order valence-corrected chi connectivity index (χ2v) is 8.86. The van der Waals surface area contributed by atoms with Gasteiger partial charge in [-0.1, -0.05) is 56.3 Å². The number of aromatic nitrogens is 2. The summed E-state index contributed by atoms with van der Waals surface area (Å²) < 4.78 is 1.75. The van der Waals surface area contributed by atoms with E-state index in [0.717, 1.165) is 16.8 Å². The second kappa shape index (κ2) is 8.27. The lowest BCUT2D eigenvalue weighted by atomic mass is 9.78. The molecular formula is C25H27N5O. The Labute approximate surface area is 183 Å². The van der Waals surface area contributed by atoms with Crippen molar-refractivity contribution >= 4 is 6.03 Å². The van der Waals surface area contributed by atoms with Gasteiger partial charge in [0.25, 0.3) is 0 Å². The van der Waals surface area contributed by atoms with Gasteiger partial charge in [-0.05, 0) is 23.1 Å². The first-order valence-corrected chi connectivity index (χ1v) is 10.5. The Kier molecular flexibility index (Phi) is 5.51. The van der Waals surface area contributed by atoms with Crippen molar-refractivity contribution in [3.63, 3.8) is 0 Å². The molecule has 0 spiro atoms. The summed E-state index contributed by atoms with van der Waals surface area (Å²) in [6.45, 7) is 6.27. The number of benzene rings is 2. The molecule has 1 fully saturated rings. The SMILES string of the molecule is Cn1cc(CNC(=O)N2CC(c3ccccc3)C(C)(C)C2)c(-c2ccc(C#N)cc2)n1. The third kappa shape index (κ3) is 4.31. The first-order valence-electron chi connectivity index (χ1n) is 10.5. The lowest BCUT2D eigenvalue weighted by Gasteiger charge is -2.25. The van der Waals surface area contributed by atoms with Crippen LogP contribution < -0.4 is 5.32 Å². The Bertz CT molecular complexity index is 1110. The molecule has 1 saturated heterocycles. The molecule has 2 amide bonds. The van der Waals surface area contributed by atoms with E-state index in [0.29, 0.717) is 31.1 Å². The highest BCUT2D eigenvalue weighted by Crippen LogP contribution is 2.42. The number of aryl methyl sites for hydroxylation is 1. The van der Waals surface area contributed by atoms with Crippen molar-refractivity contribution in [3.05, 3.63) is 77.5 Å². The summed E-state index contributed by atoms with van der Waals surface area (Å²) in [5.41, 5.74) is 4.59. The number of carbonyl (C=O) groups is 1. The van der Waals surface area contributed by atoms with Gasteiger partial charge in [0.05, 0.1) is 17.3 Å². The number of amides is 2. The van der Waals surface area contributed by atoms with Crippen LogP contribution >= 0.6 is 0 Å². The summed E-state index contributed by atoms with van der Waals surface area (Å²) in [6.07, 6.45) is 1.93. The van der Waals surface area contributed by atoms with Gasteiger partial charge in [0.2, 0.25) is 0 Å². The zero-order valence-electron chi connectivity index (χ0n) is 18.2. The van der Waals surface area contributed by atoms with Crippen LogP contribution in [-0.4, -0.2) is 33.8 Å². The van der Waals surface area contributed by atoms with E-state index in [1.807, 2.05) is 36.3 Å². The molecule has 2 aromatic carbocycles. The molecule has 1 aliphatic rings. The van der Waals surface area contributed by atoms with Crippen molar-refractivity contribution in [2.24, 2.45) is 12.5 Å². The third-order valence-electron chi connectivity index (χ3n) is 6.06. The molecule has 31 heavy (non-hydrogen) atoms. The number of likely N-dealkylation sites (tertiary alicyclic amines) is 1. The quantitative estimate of drug-likeness (QED) is 0.693. The van der Waals surface area contributed by atoms with Crippen LogP contribution in [0.4, 0.5) is 4.79 Å². The Hall–Kier alpha value is -3.59. The molecule has 1 aliphatic heterocycles. The van der Waals surface area contributed by atoms with E-state index in [-0.39, 0.29) is 11.4 Å². The van der Waals surface area contributed by atoms with Gasteiger partial charge in [0.15, 0.2) is 0 Å². The first-order chi connectivity index (χ1) is 14.9. The summed E-state index contributed by atoms with van der Waals surface area (Å²) in [4.78, 5) is 14.9. The van der Waals surface area contributed by atoms with Crippen LogP contribution in [0.25, 0.3) is 11.3 Å². The molecule has 6 nitrogen and oxygen atoms in total. The lowest BCUT2D eigenvalue weighted by Crippen LogP contribution is -2.38. The summed E-state index contributed by atoms with van der Waals surface area (Å²) in [5.74, 6) is 0.312. The highest BCUT2D eigenvalue weighted by Gasteiger charge is 2.41. The highest BCUT2D eigenvalue weighted by atomic mass is 16.2. The average Bonchev–Trinajstić information content (AvgIpc) is 3.31. The summed E-state index contributed by atoms with van der Waals surface area (Å²) >= 11 is 0. The summed E-state index contributed by atoms with van der Waals surface area (Å²) in [7, 11) is 1.87. The molecule has 0 saturated carbocycles. The van der Waals surface area contributed by atoms with E-state index in [4.69, 9.17) is 5.26 Å². The van der Waals surface area contributed by atoms with E-state index >= 15 is 0 Å². The zero-order valence-corrected chi connectivity index (χ0v) is 18.2. The normalized spacial score (nSPS) is 17.4. The maximum absolute atomic E-state index is 13.0. The number of carbonyl (C=O) groups excluding carboxylic acids is 1. The van der Waals surface area contributed by atoms with Gasteiger partial charge < -0.3 is 10.2 Å². The summed E-state index contributed by atoms with van der Waals surface area (Å²) in [5, 5.41) is 16.6. The minimum absolute atomic E-state index is 0.0145. The fourth-order valence-electron chi connectivity index (χ4n) is 4.43. The molecule has 2 heterocycles. The van der Waals surface area contributed by atoms with Crippen LogP contribution in [0.5, 0.6) is 0 Å². The minimum Gasteiger partial charge on any atom is -0.334 e. The van der Waals surface area contributed by atoms with Crippen molar-refractivity contribution in [2.75, 3.05) is 13.1 Å². The predicted octanol–water partition coefficient (Wildman–Crippen LogP) is 4.29. The number of nitrogens with zero attached hydrogens (tertiary/aromatic N) is 4. The van der Waals surface area contributed by atoms with Crippen molar-refractivity contribution < 1.29 is 4.79 Å². The van der Waals surface area contributed by atoms with E-state index < -0.39 is 0 Å². The van der Waals surface area contributed by atoms with E-state index in [2.05, 4.69) is 54.6 Å². The standard InChI is InChI=1S/C25H27N5O/c1-25(2)17-30(16-22(25)19-7-5-4-6-8-19)24(31)27-14-21-15-29(3)28-23(21)20-11-9-18(13-26)10-12-20/h4-12,15,22H,14,16-17H2,1-3H3,(H,27,31). The molecule has 0 radical (unpaired) electrons. The van der Waals surface area contributed by atoms with Gasteiger partial charge in [-0.15, -0.1) is 0 Å². The summed E-state index contributed by atoms with van der Waals surface area (Å²) in [6, 6.07) is 19.8. The number of nitriles is 1. The first kappa shape index (κ1) is 20.7. The maximum Gasteiger partial charge on any atom is 0.317 e. The maximum atomic E-state index is 13.0. The van der Waals surface area contributed by atoms with Crippen molar-refractivity contribution in [3.8, 4) is 17.3 Å². The minimum atomic E-state index is -0.0545. The predicted molar refractivity (Wildman–Crippen MR) is 120 cm³/mol. The topological polar surface area (TPSA) is 74.0 Å². The lowest BCUT2D eigenvalue weighted by molar-refractivity contribution is 0.203. The fourth-order valence-corrected chi connectivity index (χ4v) is 4.43. The van der Waals surface area contributed by atoms with Gasteiger partial charge in [0, 0.05) is 49.9 Å². The van der Waals surface area contributed by atoms with Crippen LogP contribution in [0, 0.1) is 16.7 Å². The van der Waals surface area contributed by atoms with E-state index in [1.54, 1.807) is 16.8 Å². The molecule has 0 bridgehead atoms. The molecular weight excluding hydrogens is 386 g/mol. The zero-order chi connectivity index (χ0) is 22.0. The fraction of sp³-hybridized carbons (Fsp3) is 0.320. The van der Waals surface area contributed by atoms with Gasteiger partial charge >= 0.3 is 6.03 Å². The van der Waals surface area contributed by atoms with E-state index in [1.165, 1.54) is 5.56 Å².